The number of fused-ring (bicyclic) bond motifs is 1. The number of hydrogen-bond donors (Lipinski definition) is 1. The van der Waals surface area contributed by atoms with Gasteiger partial charge in [-0.3, -0.25) is 0 Å². The Morgan fingerprint density at radius 1 is 1.47 bits per heavy atom. The molecule has 0 amide bonds. The van der Waals surface area contributed by atoms with Crippen molar-refractivity contribution >= 4 is 38.6 Å². The smallest absolute Gasteiger partial charge is 0.0704 e. The first-order chi connectivity index (χ1) is 8.33. The van der Waals surface area contributed by atoms with E-state index in [-0.39, 0.29) is 0 Å². The summed E-state index contributed by atoms with van der Waals surface area (Å²) in [7, 11) is 0. The summed E-state index contributed by atoms with van der Waals surface area (Å²) in [5.74, 6) is 0. The van der Waals surface area contributed by atoms with Gasteiger partial charge in [-0.2, -0.15) is 11.3 Å². The van der Waals surface area contributed by atoms with Gasteiger partial charge in [-0.15, -0.1) is 11.3 Å². The van der Waals surface area contributed by atoms with E-state index in [0.717, 1.165) is 6.54 Å². The summed E-state index contributed by atoms with van der Waals surface area (Å²) in [6.45, 7) is 0.987. The van der Waals surface area contributed by atoms with Crippen molar-refractivity contribution in [1.82, 2.24) is 5.32 Å². The molecule has 4 heteroatoms. The van der Waals surface area contributed by atoms with Crippen molar-refractivity contribution in [3.63, 3.8) is 0 Å². The minimum absolute atomic E-state index is 0.543. The van der Waals surface area contributed by atoms with Crippen molar-refractivity contribution in [2.45, 2.75) is 31.8 Å². The first-order valence-corrected chi connectivity index (χ1v) is 8.41. The van der Waals surface area contributed by atoms with Crippen LogP contribution in [0.2, 0.25) is 0 Å². The molecule has 1 atom stereocenters. The van der Waals surface area contributed by atoms with Crippen LogP contribution >= 0.6 is 38.6 Å². The van der Waals surface area contributed by atoms with E-state index in [0.29, 0.717) is 6.04 Å². The lowest BCUT2D eigenvalue weighted by Gasteiger charge is -2.23. The number of aryl methyl sites for hydroxylation is 1. The summed E-state index contributed by atoms with van der Waals surface area (Å²) in [5, 5.41) is 8.05. The van der Waals surface area contributed by atoms with Crippen molar-refractivity contribution in [1.29, 1.82) is 0 Å². The van der Waals surface area contributed by atoms with Crippen LogP contribution in [0, 0.1) is 0 Å². The number of thiophene rings is 2. The van der Waals surface area contributed by atoms with Crippen LogP contribution < -0.4 is 5.32 Å². The van der Waals surface area contributed by atoms with Crippen molar-refractivity contribution in [2.75, 3.05) is 0 Å². The van der Waals surface area contributed by atoms with Crippen LogP contribution in [0.5, 0.6) is 0 Å². The Bertz CT molecular complexity index is 489. The third kappa shape index (κ3) is 2.65. The SMILES string of the molecule is Brc1cc2c(s1)CCCC2NCc1ccsc1. The summed E-state index contributed by atoms with van der Waals surface area (Å²) < 4.78 is 1.27. The normalized spacial score (nSPS) is 19.2. The number of hydrogen-bond acceptors (Lipinski definition) is 3. The molecule has 1 nitrogen and oxygen atoms in total. The molecule has 2 aromatic heterocycles. The fourth-order valence-electron chi connectivity index (χ4n) is 2.37. The van der Waals surface area contributed by atoms with E-state index in [4.69, 9.17) is 0 Å². The van der Waals surface area contributed by atoms with Gasteiger partial charge in [-0.05, 0) is 69.2 Å². The largest absolute Gasteiger partial charge is 0.306 e. The van der Waals surface area contributed by atoms with E-state index in [2.05, 4.69) is 44.1 Å². The highest BCUT2D eigenvalue weighted by Crippen LogP contribution is 2.38. The van der Waals surface area contributed by atoms with E-state index in [9.17, 15) is 0 Å². The Morgan fingerprint density at radius 3 is 3.24 bits per heavy atom. The lowest BCUT2D eigenvalue weighted by molar-refractivity contribution is 0.463. The molecule has 0 bridgehead atoms. The van der Waals surface area contributed by atoms with Crippen molar-refractivity contribution < 1.29 is 0 Å². The van der Waals surface area contributed by atoms with E-state index in [1.165, 1.54) is 34.2 Å². The van der Waals surface area contributed by atoms with Gasteiger partial charge < -0.3 is 5.32 Å². The van der Waals surface area contributed by atoms with Crippen LogP contribution in [-0.2, 0) is 13.0 Å². The maximum absolute atomic E-state index is 3.69. The molecule has 2 heterocycles. The maximum atomic E-state index is 3.69. The van der Waals surface area contributed by atoms with Crippen LogP contribution in [0.25, 0.3) is 0 Å². The molecule has 0 saturated heterocycles. The zero-order valence-electron chi connectivity index (χ0n) is 9.41. The van der Waals surface area contributed by atoms with Gasteiger partial charge in [0.2, 0.25) is 0 Å². The highest BCUT2D eigenvalue weighted by molar-refractivity contribution is 9.11. The lowest BCUT2D eigenvalue weighted by Crippen LogP contribution is -2.23. The van der Waals surface area contributed by atoms with Gasteiger partial charge in [0, 0.05) is 17.5 Å². The van der Waals surface area contributed by atoms with Gasteiger partial charge >= 0.3 is 0 Å². The molecular formula is C13H14BrNS2. The van der Waals surface area contributed by atoms with Gasteiger partial charge in [-0.25, -0.2) is 0 Å². The Kier molecular flexibility index (Phi) is 3.66. The second-order valence-electron chi connectivity index (χ2n) is 4.39. The molecule has 1 N–H and O–H groups in total. The average molecular weight is 328 g/mol. The molecule has 1 aliphatic rings. The summed E-state index contributed by atoms with van der Waals surface area (Å²) in [6.07, 6.45) is 3.82. The Labute approximate surface area is 118 Å². The highest BCUT2D eigenvalue weighted by Gasteiger charge is 2.21. The van der Waals surface area contributed by atoms with Crippen molar-refractivity contribution in [3.8, 4) is 0 Å². The van der Waals surface area contributed by atoms with Crippen LogP contribution in [-0.4, -0.2) is 0 Å². The Balaban J connectivity index is 1.72. The second-order valence-corrected chi connectivity index (χ2v) is 7.68. The third-order valence-electron chi connectivity index (χ3n) is 3.22. The van der Waals surface area contributed by atoms with Gasteiger partial charge in [0.05, 0.1) is 3.79 Å². The third-order valence-corrected chi connectivity index (χ3v) is 5.66. The molecule has 0 aliphatic heterocycles. The number of nitrogens with one attached hydrogen (secondary N) is 1. The Hall–Kier alpha value is -0.160. The van der Waals surface area contributed by atoms with Crippen molar-refractivity contribution in [3.05, 3.63) is 42.7 Å². The second kappa shape index (κ2) is 5.22. The summed E-state index contributed by atoms with van der Waals surface area (Å²) in [6, 6.07) is 5.04. The van der Waals surface area contributed by atoms with Gasteiger partial charge in [0.1, 0.15) is 0 Å². The summed E-state index contributed by atoms with van der Waals surface area (Å²) in [4.78, 5) is 1.56. The van der Waals surface area contributed by atoms with Crippen LogP contribution in [0.15, 0.2) is 26.7 Å². The maximum Gasteiger partial charge on any atom is 0.0704 e. The fourth-order valence-corrected chi connectivity index (χ4v) is 4.86. The van der Waals surface area contributed by atoms with E-state index < -0.39 is 0 Å². The molecule has 2 aromatic rings. The zero-order chi connectivity index (χ0) is 11.7. The predicted molar refractivity (Wildman–Crippen MR) is 78.9 cm³/mol. The number of rotatable bonds is 3. The minimum atomic E-state index is 0.543. The molecule has 1 aliphatic carbocycles. The first-order valence-electron chi connectivity index (χ1n) is 5.85. The van der Waals surface area contributed by atoms with E-state index in [1.807, 2.05) is 11.3 Å². The number of halogens is 1. The molecule has 3 rings (SSSR count). The molecule has 1 unspecified atom stereocenters. The molecule has 0 spiro atoms. The van der Waals surface area contributed by atoms with Crippen molar-refractivity contribution in [2.24, 2.45) is 0 Å². The molecule has 0 aromatic carbocycles. The minimum Gasteiger partial charge on any atom is -0.306 e. The molecule has 0 radical (unpaired) electrons. The first kappa shape index (κ1) is 11.9. The van der Waals surface area contributed by atoms with E-state index >= 15 is 0 Å². The zero-order valence-corrected chi connectivity index (χ0v) is 12.6. The topological polar surface area (TPSA) is 12.0 Å². The quantitative estimate of drug-likeness (QED) is 0.858. The van der Waals surface area contributed by atoms with Gasteiger partial charge in [0.25, 0.3) is 0 Å². The van der Waals surface area contributed by atoms with Gasteiger partial charge in [0.15, 0.2) is 0 Å². The molecule has 0 saturated carbocycles. The van der Waals surface area contributed by atoms with Crippen LogP contribution in [0.1, 0.15) is 34.9 Å². The summed E-state index contributed by atoms with van der Waals surface area (Å²) in [5.41, 5.74) is 2.92. The molecule has 90 valence electrons. The predicted octanol–water partition coefficient (Wildman–Crippen LogP) is 4.74. The van der Waals surface area contributed by atoms with Crippen LogP contribution in [0.3, 0.4) is 0 Å². The summed E-state index contributed by atoms with van der Waals surface area (Å²) >= 11 is 7.27. The average Bonchev–Trinajstić information content (AvgIpc) is 2.93. The molecule has 17 heavy (non-hydrogen) atoms. The lowest BCUT2D eigenvalue weighted by atomic mass is 9.94. The Morgan fingerprint density at radius 2 is 2.41 bits per heavy atom. The fraction of sp³-hybridized carbons (Fsp3) is 0.385. The van der Waals surface area contributed by atoms with Gasteiger partial charge in [-0.1, -0.05) is 0 Å². The highest BCUT2D eigenvalue weighted by atomic mass is 79.9. The van der Waals surface area contributed by atoms with E-state index in [1.54, 1.807) is 16.2 Å². The monoisotopic (exact) mass is 327 g/mol. The standard InChI is InChI=1S/C13H14BrNS2/c14-13-6-10-11(2-1-3-12(10)17-13)15-7-9-4-5-16-8-9/h4-6,8,11,15H,1-3,7H2. The molecular weight excluding hydrogens is 314 g/mol. The molecule has 0 fully saturated rings. The van der Waals surface area contributed by atoms with Crippen LogP contribution in [0.4, 0.5) is 0 Å².